The largest absolute Gasteiger partial charge is 0.493 e. The smallest absolute Gasteiger partial charge is 0.224 e. The molecule has 2 N–H and O–H groups in total. The summed E-state index contributed by atoms with van der Waals surface area (Å²) in [5.74, 6) is 2.23. The van der Waals surface area contributed by atoms with Crippen LogP contribution < -0.4 is 20.1 Å². The Labute approximate surface area is 205 Å². The van der Waals surface area contributed by atoms with Gasteiger partial charge in [-0.25, -0.2) is 0 Å². The minimum absolute atomic E-state index is 0. The van der Waals surface area contributed by atoms with E-state index in [0.717, 1.165) is 19.5 Å². The Hall–Kier alpha value is -2.01. The first kappa shape index (κ1) is 25.3. The fourth-order valence-electron chi connectivity index (χ4n) is 3.34. The highest BCUT2D eigenvalue weighted by molar-refractivity contribution is 14.0. The van der Waals surface area contributed by atoms with Crippen LogP contribution in [0.4, 0.5) is 0 Å². The summed E-state index contributed by atoms with van der Waals surface area (Å²) in [4.78, 5) is 20.1. The van der Waals surface area contributed by atoms with Gasteiger partial charge in [0.1, 0.15) is 6.10 Å². The molecule has 1 unspecified atom stereocenters. The van der Waals surface area contributed by atoms with Crippen LogP contribution in [0, 0.1) is 0 Å². The Balaban J connectivity index is 0.00000341. The third-order valence-corrected chi connectivity index (χ3v) is 5.99. The van der Waals surface area contributed by atoms with E-state index in [1.165, 1.54) is 10.4 Å². The lowest BCUT2D eigenvalue weighted by Gasteiger charge is -2.27. The third kappa shape index (κ3) is 7.27. The Morgan fingerprint density at radius 2 is 2.03 bits per heavy atom. The molecule has 1 aromatic heterocycles. The molecule has 3 rings (SSSR count). The second-order valence-corrected chi connectivity index (χ2v) is 8.14. The van der Waals surface area contributed by atoms with Crippen molar-refractivity contribution in [2.75, 3.05) is 33.8 Å². The zero-order valence-corrected chi connectivity index (χ0v) is 21.4. The number of halogens is 1. The van der Waals surface area contributed by atoms with E-state index in [2.05, 4.69) is 27.1 Å². The van der Waals surface area contributed by atoms with Crippen LogP contribution in [0.3, 0.4) is 0 Å². The van der Waals surface area contributed by atoms with Gasteiger partial charge in [-0.05, 0) is 42.5 Å². The van der Waals surface area contributed by atoms with Gasteiger partial charge in [-0.2, -0.15) is 0 Å². The lowest BCUT2D eigenvalue weighted by molar-refractivity contribution is -0.131. The van der Waals surface area contributed by atoms with Crippen molar-refractivity contribution in [2.24, 2.45) is 4.99 Å². The number of thiophene rings is 1. The number of hydrogen-bond acceptors (Lipinski definition) is 5. The summed E-state index contributed by atoms with van der Waals surface area (Å²) in [5, 5.41) is 8.55. The molecule has 31 heavy (non-hydrogen) atoms. The first-order valence-corrected chi connectivity index (χ1v) is 11.1. The second-order valence-electron chi connectivity index (χ2n) is 7.14. The molecule has 2 aromatic rings. The predicted molar refractivity (Wildman–Crippen MR) is 136 cm³/mol. The molecular formula is C22H31IN4O3S. The number of fused-ring (bicyclic) bond motifs is 1. The molecule has 0 aliphatic carbocycles. The number of para-hydroxylation sites is 2. The van der Waals surface area contributed by atoms with E-state index in [-0.39, 0.29) is 36.0 Å². The van der Waals surface area contributed by atoms with Crippen molar-refractivity contribution in [3.05, 3.63) is 46.2 Å². The van der Waals surface area contributed by atoms with E-state index in [9.17, 15) is 4.79 Å². The summed E-state index contributed by atoms with van der Waals surface area (Å²) >= 11 is 1.78. The van der Waals surface area contributed by atoms with Gasteiger partial charge in [-0.15, -0.1) is 35.3 Å². The van der Waals surface area contributed by atoms with E-state index in [4.69, 9.17) is 9.47 Å². The highest BCUT2D eigenvalue weighted by atomic mass is 127. The molecule has 1 aliphatic rings. The molecule has 2 heterocycles. The van der Waals surface area contributed by atoms with E-state index in [1.807, 2.05) is 36.1 Å². The number of rotatable bonds is 8. The molecule has 0 saturated heterocycles. The number of nitrogens with one attached hydrogen (secondary N) is 2. The first-order chi connectivity index (χ1) is 14.6. The highest BCUT2D eigenvalue weighted by Crippen LogP contribution is 2.26. The predicted octanol–water partition coefficient (Wildman–Crippen LogP) is 3.28. The van der Waals surface area contributed by atoms with Crippen molar-refractivity contribution in [2.45, 2.75) is 32.4 Å². The van der Waals surface area contributed by atoms with Gasteiger partial charge < -0.3 is 25.0 Å². The summed E-state index contributed by atoms with van der Waals surface area (Å²) in [6.07, 6.45) is 1.31. The topological polar surface area (TPSA) is 75.2 Å². The fraction of sp³-hybridized carbons (Fsp3) is 0.455. The summed E-state index contributed by atoms with van der Waals surface area (Å²) in [5.41, 5.74) is 1.29. The van der Waals surface area contributed by atoms with Gasteiger partial charge in [0.25, 0.3) is 0 Å². The van der Waals surface area contributed by atoms with Crippen molar-refractivity contribution in [1.29, 1.82) is 0 Å². The van der Waals surface area contributed by atoms with Crippen LogP contribution in [-0.4, -0.2) is 56.7 Å². The number of amides is 1. The van der Waals surface area contributed by atoms with Crippen LogP contribution in [-0.2, 0) is 17.8 Å². The molecule has 170 valence electrons. The van der Waals surface area contributed by atoms with Gasteiger partial charge >= 0.3 is 0 Å². The van der Waals surface area contributed by atoms with Crippen molar-refractivity contribution in [3.63, 3.8) is 0 Å². The Bertz CT molecular complexity index is 874. The standard InChI is InChI=1S/C22H30N4O3S.HI/c1-16(29-19-7-5-4-6-18(19)28-3)14-25-22(23-2)24-11-8-21(27)26-12-9-20-17(15-26)10-13-30-20;/h4-7,10,13,16H,8-9,11-12,14-15H2,1-3H3,(H2,23,24,25);1H. The third-order valence-electron chi connectivity index (χ3n) is 4.97. The lowest BCUT2D eigenvalue weighted by Crippen LogP contribution is -2.43. The summed E-state index contributed by atoms with van der Waals surface area (Å²) in [6, 6.07) is 9.70. The van der Waals surface area contributed by atoms with Crippen LogP contribution in [0.5, 0.6) is 11.5 Å². The van der Waals surface area contributed by atoms with Crippen LogP contribution in [0.1, 0.15) is 23.8 Å². The van der Waals surface area contributed by atoms with Crippen molar-refractivity contribution < 1.29 is 14.3 Å². The molecule has 9 heteroatoms. The monoisotopic (exact) mass is 558 g/mol. The number of aliphatic imine (C=N–C) groups is 1. The first-order valence-electron chi connectivity index (χ1n) is 10.2. The highest BCUT2D eigenvalue weighted by Gasteiger charge is 2.21. The number of hydrogen-bond donors (Lipinski definition) is 2. The van der Waals surface area contributed by atoms with Gasteiger partial charge in [-0.3, -0.25) is 9.79 Å². The van der Waals surface area contributed by atoms with Crippen LogP contribution in [0.15, 0.2) is 40.7 Å². The van der Waals surface area contributed by atoms with E-state index in [0.29, 0.717) is 37.0 Å². The Kier molecular flexibility index (Phi) is 10.4. The van der Waals surface area contributed by atoms with Crippen molar-refractivity contribution in [3.8, 4) is 11.5 Å². The van der Waals surface area contributed by atoms with E-state index in [1.54, 1.807) is 25.5 Å². The van der Waals surface area contributed by atoms with Crippen molar-refractivity contribution >= 4 is 47.2 Å². The number of nitrogens with zero attached hydrogens (tertiary/aromatic N) is 2. The Morgan fingerprint density at radius 3 is 2.77 bits per heavy atom. The second kappa shape index (κ2) is 12.7. The average Bonchev–Trinajstić information content (AvgIpc) is 3.24. The number of carbonyl (C=O) groups excluding carboxylic acids is 1. The maximum absolute atomic E-state index is 12.5. The quantitative estimate of drug-likeness (QED) is 0.296. The molecule has 7 nitrogen and oxygen atoms in total. The Morgan fingerprint density at radius 1 is 1.26 bits per heavy atom. The van der Waals surface area contributed by atoms with Gasteiger partial charge in [-0.1, -0.05) is 12.1 Å². The number of benzene rings is 1. The van der Waals surface area contributed by atoms with Crippen LogP contribution in [0.25, 0.3) is 0 Å². The van der Waals surface area contributed by atoms with Crippen molar-refractivity contribution in [1.82, 2.24) is 15.5 Å². The molecule has 0 bridgehead atoms. The van der Waals surface area contributed by atoms with Gasteiger partial charge in [0.15, 0.2) is 17.5 Å². The number of guanidine groups is 1. The molecule has 1 aromatic carbocycles. The average molecular weight is 558 g/mol. The fourth-order valence-corrected chi connectivity index (χ4v) is 4.23. The zero-order chi connectivity index (χ0) is 21.3. The number of methoxy groups -OCH3 is 1. The zero-order valence-electron chi connectivity index (χ0n) is 18.2. The van der Waals surface area contributed by atoms with Gasteiger partial charge in [0, 0.05) is 38.0 Å². The molecule has 1 aliphatic heterocycles. The van der Waals surface area contributed by atoms with Gasteiger partial charge in [0.05, 0.1) is 13.7 Å². The molecular weight excluding hydrogens is 527 g/mol. The molecule has 1 amide bonds. The maximum Gasteiger partial charge on any atom is 0.224 e. The summed E-state index contributed by atoms with van der Waals surface area (Å²) in [7, 11) is 3.34. The SMILES string of the molecule is CN=C(NCCC(=O)N1CCc2sccc2C1)NCC(C)Oc1ccccc1OC.I. The molecule has 1 atom stereocenters. The maximum atomic E-state index is 12.5. The summed E-state index contributed by atoms with van der Waals surface area (Å²) in [6.45, 7) is 4.61. The normalized spacial score (nSPS) is 14.2. The molecule has 0 saturated carbocycles. The summed E-state index contributed by atoms with van der Waals surface area (Å²) < 4.78 is 11.3. The molecule has 0 radical (unpaired) electrons. The molecule has 0 fully saturated rings. The van der Waals surface area contributed by atoms with Gasteiger partial charge in [0.2, 0.25) is 5.91 Å². The number of carbonyl (C=O) groups is 1. The van der Waals surface area contributed by atoms with Crippen LogP contribution >= 0.6 is 35.3 Å². The number of ether oxygens (including phenoxy) is 2. The minimum Gasteiger partial charge on any atom is -0.493 e. The lowest BCUT2D eigenvalue weighted by atomic mass is 10.1. The minimum atomic E-state index is -0.0883. The van der Waals surface area contributed by atoms with Crippen LogP contribution in [0.2, 0.25) is 0 Å². The van der Waals surface area contributed by atoms with E-state index >= 15 is 0 Å². The van der Waals surface area contributed by atoms with E-state index < -0.39 is 0 Å². The molecule has 0 spiro atoms.